The fraction of sp³-hybridized carbons (Fsp3) is 0.625. The Kier molecular flexibility index (Phi) is 4.58. The van der Waals surface area contributed by atoms with Crippen LogP contribution in [0.1, 0.15) is 49.6 Å². The summed E-state index contributed by atoms with van der Waals surface area (Å²) < 4.78 is 4.63. The summed E-state index contributed by atoms with van der Waals surface area (Å²) in [5.41, 5.74) is 2.05. The number of thiophene rings is 1. The average Bonchev–Trinajstić information content (AvgIpc) is 2.82. The van der Waals surface area contributed by atoms with E-state index in [1.54, 1.807) is 0 Å². The quantitative estimate of drug-likeness (QED) is 0.903. The lowest BCUT2D eigenvalue weighted by atomic mass is 9.69. The van der Waals surface area contributed by atoms with Crippen molar-refractivity contribution in [1.82, 2.24) is 0 Å². The zero-order valence-corrected chi connectivity index (χ0v) is 13.9. The van der Waals surface area contributed by atoms with Gasteiger partial charge in [-0.3, -0.25) is 5.32 Å². The van der Waals surface area contributed by atoms with Crippen molar-refractivity contribution >= 4 is 22.4 Å². The smallest absolute Gasteiger partial charge is 0.411 e. The Labute approximate surface area is 130 Å². The van der Waals surface area contributed by atoms with Gasteiger partial charge in [-0.2, -0.15) is 5.26 Å². The van der Waals surface area contributed by atoms with Crippen molar-refractivity contribution in [3.05, 3.63) is 16.0 Å². The van der Waals surface area contributed by atoms with Crippen LogP contribution >= 0.6 is 11.3 Å². The summed E-state index contributed by atoms with van der Waals surface area (Å²) in [6.07, 6.45) is 3.66. The van der Waals surface area contributed by atoms with Crippen LogP contribution in [0.25, 0.3) is 0 Å². The molecule has 1 aliphatic rings. The molecule has 1 aromatic rings. The van der Waals surface area contributed by atoms with Gasteiger partial charge in [0, 0.05) is 4.88 Å². The van der Waals surface area contributed by atoms with Gasteiger partial charge in [-0.15, -0.1) is 11.3 Å². The van der Waals surface area contributed by atoms with Crippen molar-refractivity contribution in [1.29, 1.82) is 5.26 Å². The SMILES string of the molecule is CCC(C)(C)[C@@H]1CCc2c(sc(NC(=O)OC)c2C#N)C1. The minimum atomic E-state index is -0.518. The van der Waals surface area contributed by atoms with Crippen LogP contribution in [0.4, 0.5) is 9.80 Å². The molecule has 0 radical (unpaired) electrons. The van der Waals surface area contributed by atoms with Crippen LogP contribution in [0.5, 0.6) is 0 Å². The van der Waals surface area contributed by atoms with Crippen molar-refractivity contribution in [3.8, 4) is 6.07 Å². The number of hydrogen-bond donors (Lipinski definition) is 1. The molecule has 1 N–H and O–H groups in total. The predicted molar refractivity (Wildman–Crippen MR) is 84.6 cm³/mol. The largest absolute Gasteiger partial charge is 0.453 e. The monoisotopic (exact) mass is 306 g/mol. The number of methoxy groups -OCH3 is 1. The molecule has 0 aromatic carbocycles. The standard InChI is InChI=1S/C16H22N2O2S/c1-5-16(2,3)10-6-7-11-12(9-17)14(18-15(19)20-4)21-13(11)8-10/h10H,5-8H2,1-4H3,(H,18,19)/t10-/m1/s1. The number of carbonyl (C=O) groups is 1. The maximum atomic E-state index is 11.4. The summed E-state index contributed by atoms with van der Waals surface area (Å²) in [5, 5.41) is 12.7. The lowest BCUT2D eigenvalue weighted by molar-refractivity contribution is 0.184. The van der Waals surface area contributed by atoms with Gasteiger partial charge in [-0.05, 0) is 36.2 Å². The highest BCUT2D eigenvalue weighted by Gasteiger charge is 2.34. The fourth-order valence-corrected chi connectivity index (χ4v) is 4.16. The van der Waals surface area contributed by atoms with Crippen LogP contribution in [0, 0.1) is 22.7 Å². The highest BCUT2D eigenvalue weighted by Crippen LogP contribution is 2.45. The molecule has 0 spiro atoms. The molecule has 0 saturated carbocycles. The third-order valence-electron chi connectivity index (χ3n) is 4.79. The molecule has 21 heavy (non-hydrogen) atoms. The van der Waals surface area contributed by atoms with Crippen molar-refractivity contribution in [3.63, 3.8) is 0 Å². The first-order valence-electron chi connectivity index (χ1n) is 7.32. The second kappa shape index (κ2) is 6.07. The van der Waals surface area contributed by atoms with Crippen LogP contribution in [-0.4, -0.2) is 13.2 Å². The number of rotatable bonds is 3. The van der Waals surface area contributed by atoms with Crippen molar-refractivity contribution in [2.24, 2.45) is 11.3 Å². The highest BCUT2D eigenvalue weighted by molar-refractivity contribution is 7.16. The number of nitrogens with one attached hydrogen (secondary N) is 1. The molecular formula is C16H22N2O2S. The van der Waals surface area contributed by atoms with E-state index in [0.717, 1.165) is 31.2 Å². The van der Waals surface area contributed by atoms with E-state index in [2.05, 4.69) is 36.9 Å². The molecule has 0 aliphatic heterocycles. The van der Waals surface area contributed by atoms with Gasteiger partial charge in [0.15, 0.2) is 0 Å². The Hall–Kier alpha value is -1.54. The number of ether oxygens (including phenoxy) is 1. The average molecular weight is 306 g/mol. The lowest BCUT2D eigenvalue weighted by Crippen LogP contribution is -2.28. The number of fused-ring (bicyclic) bond motifs is 1. The van der Waals surface area contributed by atoms with E-state index in [1.165, 1.54) is 23.3 Å². The summed E-state index contributed by atoms with van der Waals surface area (Å²) in [5.74, 6) is 0.631. The molecular weight excluding hydrogens is 284 g/mol. The van der Waals surface area contributed by atoms with Crippen LogP contribution in [0.2, 0.25) is 0 Å². The zero-order valence-electron chi connectivity index (χ0n) is 13.1. The van der Waals surface area contributed by atoms with Gasteiger partial charge in [0.2, 0.25) is 0 Å². The van der Waals surface area contributed by atoms with E-state index < -0.39 is 6.09 Å². The third kappa shape index (κ3) is 3.06. The molecule has 1 heterocycles. The van der Waals surface area contributed by atoms with Gasteiger partial charge in [-0.1, -0.05) is 27.2 Å². The number of nitriles is 1. The minimum Gasteiger partial charge on any atom is -0.453 e. The summed E-state index contributed by atoms with van der Waals surface area (Å²) in [6.45, 7) is 6.86. The first-order valence-corrected chi connectivity index (χ1v) is 8.14. The molecule has 1 aromatic heterocycles. The number of amides is 1. The van der Waals surface area contributed by atoms with Gasteiger partial charge in [0.05, 0.1) is 12.7 Å². The number of hydrogen-bond acceptors (Lipinski definition) is 4. The van der Waals surface area contributed by atoms with E-state index in [4.69, 9.17) is 0 Å². The number of carbonyl (C=O) groups excluding carboxylic acids is 1. The lowest BCUT2D eigenvalue weighted by Gasteiger charge is -2.36. The first-order chi connectivity index (χ1) is 9.92. The summed E-state index contributed by atoms with van der Waals surface area (Å²) in [4.78, 5) is 12.6. The maximum Gasteiger partial charge on any atom is 0.411 e. The van der Waals surface area contributed by atoms with Gasteiger partial charge in [0.1, 0.15) is 11.1 Å². The molecule has 0 unspecified atom stereocenters. The maximum absolute atomic E-state index is 11.4. The summed E-state index contributed by atoms with van der Waals surface area (Å²) in [7, 11) is 1.33. The normalized spacial score (nSPS) is 17.8. The van der Waals surface area contributed by atoms with Gasteiger partial charge >= 0.3 is 6.09 Å². The molecule has 2 rings (SSSR count). The second-order valence-corrected chi connectivity index (χ2v) is 7.32. The van der Waals surface area contributed by atoms with Crippen molar-refractivity contribution in [2.45, 2.75) is 46.5 Å². The Balaban J connectivity index is 2.29. The Morgan fingerprint density at radius 3 is 2.86 bits per heavy atom. The Morgan fingerprint density at radius 2 is 2.29 bits per heavy atom. The highest BCUT2D eigenvalue weighted by atomic mass is 32.1. The predicted octanol–water partition coefficient (Wildman–Crippen LogP) is 4.34. The molecule has 114 valence electrons. The van der Waals surface area contributed by atoms with Crippen molar-refractivity contribution in [2.75, 3.05) is 12.4 Å². The number of anilines is 1. The molecule has 1 aliphatic carbocycles. The molecule has 0 saturated heterocycles. The molecule has 1 atom stereocenters. The van der Waals surface area contributed by atoms with E-state index in [0.29, 0.717) is 21.9 Å². The number of nitrogens with zero attached hydrogens (tertiary/aromatic N) is 1. The first kappa shape index (κ1) is 15.8. The van der Waals surface area contributed by atoms with Gasteiger partial charge < -0.3 is 4.74 Å². The van der Waals surface area contributed by atoms with E-state index in [9.17, 15) is 10.1 Å². The van der Waals surface area contributed by atoms with E-state index in [-0.39, 0.29) is 0 Å². The van der Waals surface area contributed by atoms with Gasteiger partial charge in [0.25, 0.3) is 0 Å². The molecule has 0 bridgehead atoms. The molecule has 1 amide bonds. The third-order valence-corrected chi connectivity index (χ3v) is 5.96. The second-order valence-electron chi connectivity index (χ2n) is 6.22. The Bertz CT molecular complexity index is 584. The summed E-state index contributed by atoms with van der Waals surface area (Å²) in [6, 6.07) is 2.24. The molecule has 0 fully saturated rings. The molecule has 4 nitrogen and oxygen atoms in total. The van der Waals surface area contributed by atoms with Gasteiger partial charge in [-0.25, -0.2) is 4.79 Å². The minimum absolute atomic E-state index is 0.310. The fourth-order valence-electron chi connectivity index (χ4n) is 2.89. The Morgan fingerprint density at radius 1 is 1.57 bits per heavy atom. The summed E-state index contributed by atoms with van der Waals surface area (Å²) >= 11 is 1.53. The topological polar surface area (TPSA) is 62.1 Å². The van der Waals surface area contributed by atoms with E-state index in [1.807, 2.05) is 0 Å². The van der Waals surface area contributed by atoms with E-state index >= 15 is 0 Å². The van der Waals surface area contributed by atoms with Crippen LogP contribution < -0.4 is 5.32 Å². The zero-order chi connectivity index (χ0) is 15.6. The molecule has 5 heteroatoms. The van der Waals surface area contributed by atoms with Crippen LogP contribution in [-0.2, 0) is 17.6 Å². The van der Waals surface area contributed by atoms with Crippen molar-refractivity contribution < 1.29 is 9.53 Å². The van der Waals surface area contributed by atoms with Crippen LogP contribution in [0.15, 0.2) is 0 Å². The van der Waals surface area contributed by atoms with Crippen LogP contribution in [0.3, 0.4) is 0 Å².